The molecule has 0 saturated carbocycles. The molecule has 381 valence electrons. The molecule has 0 heterocycles. The second-order valence-corrected chi connectivity index (χ2v) is 18.1. The third-order valence-corrected chi connectivity index (χ3v) is 13.6. The first-order chi connectivity index (χ1) is 35.3. The Balaban J connectivity index is 0.000000213. The van der Waals surface area contributed by atoms with Gasteiger partial charge in [0.2, 0.25) is 0 Å². The predicted octanol–water partition coefficient (Wildman–Crippen LogP) is 7.86. The normalized spacial score (nSPS) is 13.9. The number of nitrogens with two attached hydrogens (primary N) is 2. The van der Waals surface area contributed by atoms with Crippen LogP contribution in [0.3, 0.4) is 0 Å². The molecule has 1 unspecified atom stereocenters. The summed E-state index contributed by atoms with van der Waals surface area (Å²) in [5.41, 5.74) is 28.8. The number of aliphatic hydroxyl groups excluding tert-OH is 2. The molecule has 0 saturated heterocycles. The monoisotopic (exact) mass is 1030 g/mol. The van der Waals surface area contributed by atoms with Crippen LogP contribution in [0, 0.1) is 20.2 Å². The zero-order chi connectivity index (χ0) is 51.6. The van der Waals surface area contributed by atoms with Gasteiger partial charge in [-0.15, -0.1) is 10.1 Å². The molecule has 8 aromatic rings. The van der Waals surface area contributed by atoms with E-state index in [0.29, 0.717) is 22.5 Å². The summed E-state index contributed by atoms with van der Waals surface area (Å²) in [6, 6.07) is 55.7. The third-order valence-electron chi connectivity index (χ3n) is 13.6. The fraction of sp³-hybridized carbons (Fsp3) is 0.180. The number of nitro benzene ring substituents is 1. The number of carbonyl (C=O) groups is 2. The maximum absolute atomic E-state index is 12.5. The van der Waals surface area contributed by atoms with E-state index in [1.165, 1.54) is 34.4 Å². The van der Waals surface area contributed by atoms with Crippen LogP contribution in [0.2, 0.25) is 0 Å². The summed E-state index contributed by atoms with van der Waals surface area (Å²) < 4.78 is 0. The molecule has 12 rings (SSSR count). The Morgan fingerprint density at radius 1 is 0.421 bits per heavy atom. The van der Waals surface area contributed by atoms with Crippen LogP contribution in [-0.2, 0) is 51.4 Å². The Morgan fingerprint density at radius 2 is 0.711 bits per heavy atom. The van der Waals surface area contributed by atoms with Crippen molar-refractivity contribution < 1.29 is 66.0 Å². The van der Waals surface area contributed by atoms with Crippen LogP contribution < -0.4 is 41.0 Å². The molecule has 0 spiro atoms. The van der Waals surface area contributed by atoms with Gasteiger partial charge in [-0.05, 0) is 142 Å². The van der Waals surface area contributed by atoms with Gasteiger partial charge in [-0.25, -0.2) is 0 Å². The fourth-order valence-corrected chi connectivity index (χ4v) is 9.93. The average molecular weight is 1030 g/mol. The second-order valence-electron chi connectivity index (χ2n) is 18.1. The molecule has 4 aliphatic rings. The van der Waals surface area contributed by atoms with E-state index in [-0.39, 0.29) is 64.1 Å². The largest absolute Gasteiger partial charge is 1.00 e. The Kier molecular flexibility index (Phi) is 21.2. The number of non-ortho nitro benzene ring substituents is 1. The van der Waals surface area contributed by atoms with Crippen molar-refractivity contribution in [3.8, 4) is 0 Å². The molecule has 7 N–H and O–H groups in total. The molecule has 0 aromatic heterocycles. The van der Waals surface area contributed by atoms with E-state index in [2.05, 4.69) is 18.2 Å². The van der Waals surface area contributed by atoms with E-state index in [1.807, 2.05) is 127 Å². The first kappa shape index (κ1) is 59.2. The summed E-state index contributed by atoms with van der Waals surface area (Å²) in [6.45, 7) is 0. The molecule has 0 bridgehead atoms. The summed E-state index contributed by atoms with van der Waals surface area (Å²) in [5.74, 6) is -0.0211. The standard InChI is InChI=1S/C15H11NO3.C15H15NO.C15H13NO.C15H14O.CH4.B.HNO3.Na.H/c17-15-13-4-2-1-3-10(13)5-6-11-7-8-12(16(18)19)9-14(11)15;2*16-12-8-7-11-6-5-10-3-1-2-4-13(10)15(17)14(11)9-12;16-15-13-7-3-1-5-11(13)9-10-12-6-2-4-8-14(12)15;;;2-1(3)4;;/h1-4,7-9H,5-6H2;1-4,7-9,15,17H,5-6,16H2;1-4,7-9H,5-6,16H2;1-8,15-16H,9-10H2;1H4;;(H,2,3,4);;/q;;;;;;;+1;-1. The Morgan fingerprint density at radius 3 is 1.13 bits per heavy atom. The van der Waals surface area contributed by atoms with Crippen LogP contribution in [-0.4, -0.2) is 45.4 Å². The summed E-state index contributed by atoms with van der Waals surface area (Å²) in [6.07, 6.45) is 6.30. The SMILES string of the molecule is C.Nc1ccc2c(c1)C(=O)c1ccccc1CC2.Nc1ccc2c(c1)C(O)c1ccccc1CC2.O=C1c2ccccc2CCc2ccc([N+](=O)[O-])cc21.O=[N+]([O-])O.OC1c2ccccc2CCc2ccccc21.[B].[H-].[Na+]. The molecular weight excluding hydrogens is 966 g/mol. The van der Waals surface area contributed by atoms with Gasteiger partial charge in [0.25, 0.3) is 10.8 Å². The summed E-state index contributed by atoms with van der Waals surface area (Å²) in [5, 5.41) is 45.3. The molecule has 4 aliphatic carbocycles. The molecule has 8 aromatic carbocycles. The molecule has 15 heteroatoms. The summed E-state index contributed by atoms with van der Waals surface area (Å²) >= 11 is 0. The van der Waals surface area contributed by atoms with Crippen LogP contribution in [0.1, 0.15) is 120 Å². The van der Waals surface area contributed by atoms with Crippen LogP contribution in [0.25, 0.3) is 0 Å². The Labute approximate surface area is 467 Å². The van der Waals surface area contributed by atoms with Crippen molar-refractivity contribution in [1.29, 1.82) is 0 Å². The molecule has 0 aliphatic heterocycles. The first-order valence-electron chi connectivity index (χ1n) is 24.0. The number of hydrogen-bond donors (Lipinski definition) is 5. The van der Waals surface area contributed by atoms with Crippen molar-refractivity contribution in [1.82, 2.24) is 0 Å². The van der Waals surface area contributed by atoms with Crippen molar-refractivity contribution in [3.05, 3.63) is 285 Å². The minimum atomic E-state index is -1.50. The van der Waals surface area contributed by atoms with E-state index in [0.717, 1.165) is 107 Å². The van der Waals surface area contributed by atoms with Gasteiger partial charge in [0.05, 0.1) is 4.92 Å². The minimum absolute atomic E-state index is 0. The summed E-state index contributed by atoms with van der Waals surface area (Å²) in [4.78, 5) is 43.6. The number of nitrogen functional groups attached to an aromatic ring is 2. The molecular formula is C61H59BN4NaO9. The molecule has 13 nitrogen and oxygen atoms in total. The number of aryl methyl sites for hydroxylation is 8. The molecule has 1 atom stereocenters. The zero-order valence-electron chi connectivity index (χ0n) is 42.5. The average Bonchev–Trinajstić information content (AvgIpc) is 3.78. The first-order valence-corrected chi connectivity index (χ1v) is 24.0. The van der Waals surface area contributed by atoms with E-state index in [1.54, 1.807) is 18.2 Å². The number of ketones is 2. The Bertz CT molecular complexity index is 3320. The fourth-order valence-electron chi connectivity index (χ4n) is 9.93. The van der Waals surface area contributed by atoms with Crippen LogP contribution in [0.4, 0.5) is 17.1 Å². The number of fused-ring (bicyclic) bond motifs is 8. The van der Waals surface area contributed by atoms with Gasteiger partial charge in [0, 0.05) is 54.2 Å². The maximum Gasteiger partial charge on any atom is 1.00 e. The quantitative estimate of drug-likeness (QED) is 0.0460. The number of rotatable bonds is 1. The van der Waals surface area contributed by atoms with Crippen molar-refractivity contribution in [2.75, 3.05) is 11.5 Å². The van der Waals surface area contributed by atoms with Crippen LogP contribution in [0.15, 0.2) is 176 Å². The van der Waals surface area contributed by atoms with E-state index in [4.69, 9.17) is 26.8 Å². The van der Waals surface area contributed by atoms with Crippen LogP contribution in [0.5, 0.6) is 0 Å². The van der Waals surface area contributed by atoms with Gasteiger partial charge in [-0.2, -0.15) is 0 Å². The Hall–Kier alpha value is -7.72. The number of anilines is 2. The topological polar surface area (TPSA) is 233 Å². The molecule has 0 amide bonds. The smallest absolute Gasteiger partial charge is 1.00 e. The number of aliphatic hydroxyl groups is 2. The number of benzene rings is 8. The van der Waals surface area contributed by atoms with Gasteiger partial charge in [0.15, 0.2) is 11.6 Å². The van der Waals surface area contributed by atoms with Gasteiger partial charge in [-0.1, -0.05) is 147 Å². The van der Waals surface area contributed by atoms with Crippen LogP contribution >= 0.6 is 0 Å². The minimum Gasteiger partial charge on any atom is -1.00 e. The van der Waals surface area contributed by atoms with Crippen molar-refractivity contribution in [2.24, 2.45) is 0 Å². The number of hydrogen-bond acceptors (Lipinski definition) is 10. The number of carbonyl (C=O) groups excluding carboxylic acids is 2. The molecule has 0 fully saturated rings. The number of nitro groups is 1. The van der Waals surface area contributed by atoms with Crippen molar-refractivity contribution >= 4 is 37.0 Å². The molecule has 76 heavy (non-hydrogen) atoms. The maximum atomic E-state index is 12.5. The van der Waals surface area contributed by atoms with Gasteiger partial charge < -0.3 is 28.3 Å². The van der Waals surface area contributed by atoms with Crippen molar-refractivity contribution in [2.45, 2.75) is 71.0 Å². The predicted molar refractivity (Wildman–Crippen MR) is 294 cm³/mol. The van der Waals surface area contributed by atoms with E-state index >= 15 is 0 Å². The van der Waals surface area contributed by atoms with E-state index < -0.39 is 22.2 Å². The van der Waals surface area contributed by atoms with Gasteiger partial charge in [0.1, 0.15) is 12.2 Å². The van der Waals surface area contributed by atoms with E-state index in [9.17, 15) is 29.9 Å². The summed E-state index contributed by atoms with van der Waals surface area (Å²) in [7, 11) is 0. The van der Waals surface area contributed by atoms with Crippen molar-refractivity contribution in [3.63, 3.8) is 0 Å². The number of nitrogens with zero attached hydrogens (tertiary/aromatic N) is 2. The molecule has 3 radical (unpaired) electrons. The zero-order valence-corrected chi connectivity index (χ0v) is 43.5. The van der Waals surface area contributed by atoms with Gasteiger partial charge >= 0.3 is 29.6 Å². The van der Waals surface area contributed by atoms with Gasteiger partial charge in [-0.3, -0.25) is 19.7 Å². The second kappa shape index (κ2) is 27.2. The third kappa shape index (κ3) is 14.0.